The lowest BCUT2D eigenvalue weighted by Gasteiger charge is -2.21. The number of nitrogens with one attached hydrogen (secondary N) is 1. The van der Waals surface area contributed by atoms with Crippen molar-refractivity contribution in [2.24, 2.45) is 5.92 Å². The molecule has 1 atom stereocenters. The molecule has 26 heavy (non-hydrogen) atoms. The number of ether oxygens (including phenoxy) is 1. The Morgan fingerprint density at radius 2 is 2.08 bits per heavy atom. The molecular formula is C20H17ClN2O3. The van der Waals surface area contributed by atoms with Gasteiger partial charge in [0.1, 0.15) is 17.6 Å². The second-order valence-corrected chi connectivity index (χ2v) is 6.60. The van der Waals surface area contributed by atoms with E-state index in [-0.39, 0.29) is 17.6 Å². The fourth-order valence-electron chi connectivity index (χ4n) is 2.93. The van der Waals surface area contributed by atoms with Gasteiger partial charge in [0.05, 0.1) is 10.6 Å². The van der Waals surface area contributed by atoms with E-state index in [9.17, 15) is 9.59 Å². The van der Waals surface area contributed by atoms with Gasteiger partial charge >= 0.3 is 0 Å². The highest BCUT2D eigenvalue weighted by atomic mass is 35.5. The van der Waals surface area contributed by atoms with Crippen molar-refractivity contribution in [2.45, 2.75) is 19.3 Å². The number of carbonyl (C=O) groups excluding carboxylic acids is 2. The number of hydrogen-bond acceptors (Lipinski definition) is 4. The van der Waals surface area contributed by atoms with E-state index in [1.165, 1.54) is 0 Å². The zero-order valence-corrected chi connectivity index (χ0v) is 14.8. The molecule has 6 heteroatoms. The van der Waals surface area contributed by atoms with Crippen LogP contribution in [0, 0.1) is 17.2 Å². The Hall–Kier alpha value is -2.84. The molecule has 5 nitrogen and oxygen atoms in total. The summed E-state index contributed by atoms with van der Waals surface area (Å²) < 4.78 is 5.71. The number of rotatable bonds is 5. The zero-order valence-electron chi connectivity index (χ0n) is 14.0. The molecule has 1 unspecified atom stereocenters. The van der Waals surface area contributed by atoms with Crippen LogP contribution in [0.3, 0.4) is 0 Å². The lowest BCUT2D eigenvalue weighted by atomic mass is 9.90. The molecular weight excluding hydrogens is 352 g/mol. The normalized spacial score (nSPS) is 16.5. The highest BCUT2D eigenvalue weighted by Gasteiger charge is 2.22. The summed E-state index contributed by atoms with van der Waals surface area (Å²) in [6.07, 6.45) is 1.50. The second-order valence-electron chi connectivity index (χ2n) is 6.19. The van der Waals surface area contributed by atoms with Crippen LogP contribution in [0.5, 0.6) is 11.5 Å². The van der Waals surface area contributed by atoms with Crippen molar-refractivity contribution in [3.63, 3.8) is 0 Å². The first-order valence-electron chi connectivity index (χ1n) is 8.33. The van der Waals surface area contributed by atoms with Crippen LogP contribution in [0.2, 0.25) is 5.02 Å². The van der Waals surface area contributed by atoms with Gasteiger partial charge in [-0.15, -0.1) is 0 Å². The maximum absolute atomic E-state index is 12.5. The molecule has 2 aromatic carbocycles. The van der Waals surface area contributed by atoms with Crippen LogP contribution in [0.15, 0.2) is 42.5 Å². The van der Waals surface area contributed by atoms with Crippen molar-refractivity contribution in [1.82, 2.24) is 5.32 Å². The molecule has 1 amide bonds. The Kier molecular flexibility index (Phi) is 5.55. The number of piperidine rings is 1. The average Bonchev–Trinajstić information content (AvgIpc) is 2.63. The minimum atomic E-state index is -0.0458. The van der Waals surface area contributed by atoms with Crippen LogP contribution in [0.25, 0.3) is 0 Å². The van der Waals surface area contributed by atoms with E-state index >= 15 is 0 Å². The number of carbonyl (C=O) groups is 2. The quantitative estimate of drug-likeness (QED) is 0.805. The summed E-state index contributed by atoms with van der Waals surface area (Å²) >= 11 is 6.26. The van der Waals surface area contributed by atoms with Gasteiger partial charge in [-0.1, -0.05) is 23.7 Å². The molecule has 0 aliphatic carbocycles. The van der Waals surface area contributed by atoms with Crippen LogP contribution in [0.1, 0.15) is 35.2 Å². The van der Waals surface area contributed by atoms with E-state index in [0.29, 0.717) is 47.0 Å². The Bertz CT molecular complexity index is 889. The molecule has 1 heterocycles. The fourth-order valence-corrected chi connectivity index (χ4v) is 3.15. The minimum absolute atomic E-state index is 0.00742. The molecule has 0 bridgehead atoms. The van der Waals surface area contributed by atoms with Gasteiger partial charge in [-0.3, -0.25) is 9.59 Å². The van der Waals surface area contributed by atoms with Crippen LogP contribution in [-0.4, -0.2) is 18.2 Å². The van der Waals surface area contributed by atoms with Gasteiger partial charge in [0.2, 0.25) is 5.91 Å². The maximum Gasteiger partial charge on any atom is 0.220 e. The van der Waals surface area contributed by atoms with Crippen molar-refractivity contribution in [2.75, 3.05) is 6.54 Å². The number of amides is 1. The predicted molar refractivity (Wildman–Crippen MR) is 97.4 cm³/mol. The third kappa shape index (κ3) is 4.22. The molecule has 1 aliphatic rings. The van der Waals surface area contributed by atoms with Crippen LogP contribution >= 0.6 is 11.6 Å². The molecule has 132 valence electrons. The lowest BCUT2D eigenvalue weighted by Crippen LogP contribution is -2.34. The molecule has 1 fully saturated rings. The summed E-state index contributed by atoms with van der Waals surface area (Å²) in [5, 5.41) is 12.2. The van der Waals surface area contributed by atoms with Crippen molar-refractivity contribution < 1.29 is 14.3 Å². The molecule has 0 aromatic heterocycles. The van der Waals surface area contributed by atoms with Gasteiger partial charge in [-0.25, -0.2) is 0 Å². The van der Waals surface area contributed by atoms with Gasteiger partial charge in [0.25, 0.3) is 0 Å². The summed E-state index contributed by atoms with van der Waals surface area (Å²) in [6, 6.07) is 13.8. The summed E-state index contributed by atoms with van der Waals surface area (Å²) in [6.45, 7) is 0.614. The van der Waals surface area contributed by atoms with E-state index in [1.807, 2.05) is 0 Å². The fraction of sp³-hybridized carbons (Fsp3) is 0.250. The third-order valence-corrected chi connectivity index (χ3v) is 4.60. The van der Waals surface area contributed by atoms with Crippen molar-refractivity contribution in [1.29, 1.82) is 5.26 Å². The monoisotopic (exact) mass is 368 g/mol. The molecule has 1 saturated heterocycles. The van der Waals surface area contributed by atoms with E-state index < -0.39 is 0 Å². The Balaban J connectivity index is 1.72. The van der Waals surface area contributed by atoms with E-state index in [4.69, 9.17) is 21.6 Å². The number of nitriles is 1. The predicted octanol–water partition coefficient (Wildman–Crippen LogP) is 4.10. The van der Waals surface area contributed by atoms with Crippen molar-refractivity contribution >= 4 is 23.3 Å². The molecule has 0 saturated carbocycles. The minimum Gasteiger partial charge on any atom is -0.454 e. The standard InChI is InChI=1S/C20H17ClN2O3/c21-16-11-14(17(24)9-13-7-8-23-20(25)10-13)5-6-19(16)26-18-4-2-1-3-15(18)12-22/h1-6,11,13H,7-10H2,(H,23,25). The second kappa shape index (κ2) is 8.03. The molecule has 0 radical (unpaired) electrons. The topological polar surface area (TPSA) is 79.2 Å². The van der Waals surface area contributed by atoms with Gasteiger partial charge in [0.15, 0.2) is 5.78 Å². The summed E-state index contributed by atoms with van der Waals surface area (Å²) in [7, 11) is 0. The number of benzene rings is 2. The van der Waals surface area contributed by atoms with Crippen LogP contribution in [-0.2, 0) is 4.79 Å². The summed E-state index contributed by atoms with van der Waals surface area (Å²) in [5.74, 6) is 0.795. The Morgan fingerprint density at radius 1 is 1.27 bits per heavy atom. The Labute approximate surface area is 156 Å². The van der Waals surface area contributed by atoms with E-state index in [2.05, 4.69) is 11.4 Å². The summed E-state index contributed by atoms with van der Waals surface area (Å²) in [4.78, 5) is 23.9. The number of para-hydroxylation sites is 1. The third-order valence-electron chi connectivity index (χ3n) is 4.30. The largest absolute Gasteiger partial charge is 0.454 e. The molecule has 2 aromatic rings. The smallest absolute Gasteiger partial charge is 0.220 e. The SMILES string of the molecule is N#Cc1ccccc1Oc1ccc(C(=O)CC2CCNC(=O)C2)cc1Cl. The first-order valence-corrected chi connectivity index (χ1v) is 8.71. The number of hydrogen-bond donors (Lipinski definition) is 1. The molecule has 0 spiro atoms. The number of halogens is 1. The van der Waals surface area contributed by atoms with Gasteiger partial charge in [-0.2, -0.15) is 5.26 Å². The van der Waals surface area contributed by atoms with Gasteiger partial charge < -0.3 is 10.1 Å². The van der Waals surface area contributed by atoms with E-state index in [1.54, 1.807) is 42.5 Å². The van der Waals surface area contributed by atoms with Gasteiger partial charge in [0, 0.05) is 24.9 Å². The highest BCUT2D eigenvalue weighted by Crippen LogP contribution is 2.32. The average molecular weight is 369 g/mol. The number of nitrogens with zero attached hydrogens (tertiary/aromatic N) is 1. The maximum atomic E-state index is 12.5. The number of ketones is 1. The van der Waals surface area contributed by atoms with Crippen LogP contribution < -0.4 is 10.1 Å². The summed E-state index contributed by atoms with van der Waals surface area (Å²) in [5.41, 5.74) is 0.890. The first kappa shape index (κ1) is 18.0. The van der Waals surface area contributed by atoms with Gasteiger partial charge in [-0.05, 0) is 42.7 Å². The molecule has 1 N–H and O–H groups in total. The molecule has 1 aliphatic heterocycles. The highest BCUT2D eigenvalue weighted by molar-refractivity contribution is 6.32. The number of Topliss-reactive ketones (excluding diaryl/α,β-unsaturated/α-hetero) is 1. The lowest BCUT2D eigenvalue weighted by molar-refractivity contribution is -0.123. The van der Waals surface area contributed by atoms with Crippen LogP contribution in [0.4, 0.5) is 0 Å². The van der Waals surface area contributed by atoms with Crippen molar-refractivity contribution in [3.05, 3.63) is 58.6 Å². The Morgan fingerprint density at radius 3 is 2.81 bits per heavy atom. The zero-order chi connectivity index (χ0) is 18.5. The molecule has 3 rings (SSSR count). The van der Waals surface area contributed by atoms with Crippen molar-refractivity contribution in [3.8, 4) is 17.6 Å². The van der Waals surface area contributed by atoms with E-state index in [0.717, 1.165) is 6.42 Å². The first-order chi connectivity index (χ1) is 12.6.